The number of fused-ring (bicyclic) bond motifs is 1. The molecule has 0 bridgehead atoms. The van der Waals surface area contributed by atoms with Gasteiger partial charge in [-0.1, -0.05) is 12.1 Å². The van der Waals surface area contributed by atoms with Crippen molar-refractivity contribution in [2.24, 2.45) is 0 Å². The molecule has 0 unspecified atom stereocenters. The Morgan fingerprint density at radius 1 is 1.16 bits per heavy atom. The molecule has 0 radical (unpaired) electrons. The molecule has 0 saturated heterocycles. The first-order valence-corrected chi connectivity index (χ1v) is 9.73. The Morgan fingerprint density at radius 2 is 1.92 bits per heavy atom. The third-order valence-corrected chi connectivity index (χ3v) is 5.42. The summed E-state index contributed by atoms with van der Waals surface area (Å²) < 4.78 is 2.31. The van der Waals surface area contributed by atoms with E-state index in [0.717, 1.165) is 24.4 Å². The van der Waals surface area contributed by atoms with E-state index in [-0.39, 0.29) is 6.10 Å². The number of benzene rings is 1. The average Bonchev–Trinajstić information content (AvgIpc) is 3.10. The first kappa shape index (κ1) is 18.1. The van der Waals surface area contributed by atoms with Crippen LogP contribution in [0.25, 0.3) is 11.0 Å². The predicted molar refractivity (Wildman–Crippen MR) is 105 cm³/mol. The van der Waals surface area contributed by atoms with E-state index in [1.807, 2.05) is 13.0 Å². The summed E-state index contributed by atoms with van der Waals surface area (Å²) in [5.41, 5.74) is 3.53. The third kappa shape index (κ3) is 4.11. The van der Waals surface area contributed by atoms with Crippen LogP contribution in [0.15, 0.2) is 35.7 Å². The molecule has 25 heavy (non-hydrogen) atoms. The first-order chi connectivity index (χ1) is 12.0. The fourth-order valence-electron chi connectivity index (χ4n) is 3.31. The van der Waals surface area contributed by atoms with Crippen molar-refractivity contribution in [3.8, 4) is 0 Å². The number of aliphatic hydroxyl groups is 1. The minimum absolute atomic E-state index is 0.347. The second-order valence-corrected chi connectivity index (χ2v) is 8.03. The minimum Gasteiger partial charge on any atom is -0.392 e. The van der Waals surface area contributed by atoms with Crippen LogP contribution in [-0.2, 0) is 13.1 Å². The molecule has 2 aromatic heterocycles. The Hall–Kier alpha value is -1.69. The first-order valence-electron chi connectivity index (χ1n) is 8.85. The van der Waals surface area contributed by atoms with Gasteiger partial charge in [-0.25, -0.2) is 4.98 Å². The van der Waals surface area contributed by atoms with Gasteiger partial charge in [-0.2, -0.15) is 0 Å². The normalized spacial score (nSPS) is 13.2. The molecule has 5 heteroatoms. The van der Waals surface area contributed by atoms with Gasteiger partial charge in [-0.15, -0.1) is 11.3 Å². The molecule has 4 nitrogen and oxygen atoms in total. The lowest BCUT2D eigenvalue weighted by molar-refractivity contribution is 0.116. The lowest BCUT2D eigenvalue weighted by atomic mass is 10.2. The van der Waals surface area contributed by atoms with Gasteiger partial charge in [0.15, 0.2) is 0 Å². The van der Waals surface area contributed by atoms with Crippen LogP contribution in [0.5, 0.6) is 0 Å². The van der Waals surface area contributed by atoms with E-state index in [9.17, 15) is 5.11 Å². The second-order valence-electron chi connectivity index (χ2n) is 7.03. The van der Waals surface area contributed by atoms with E-state index in [1.54, 1.807) is 11.3 Å². The molecular weight excluding hydrogens is 330 g/mol. The van der Waals surface area contributed by atoms with Gasteiger partial charge < -0.3 is 9.67 Å². The number of para-hydroxylation sites is 2. The Bertz CT molecular complexity index is 834. The molecule has 0 fully saturated rings. The standard InChI is InChI=1S/C20H27N3OS/c1-14(2)23-18-8-6-5-7-17(18)21-20(23)13-22(11-16(4)24)12-19-15(3)9-10-25-19/h5-10,14,16,24H,11-13H2,1-4H3/t16-/m0/s1. The van der Waals surface area contributed by atoms with Gasteiger partial charge in [0.2, 0.25) is 0 Å². The van der Waals surface area contributed by atoms with Crippen LogP contribution >= 0.6 is 11.3 Å². The Labute approximate surface area is 153 Å². The highest BCUT2D eigenvalue weighted by atomic mass is 32.1. The van der Waals surface area contributed by atoms with E-state index < -0.39 is 0 Å². The number of rotatable bonds is 7. The summed E-state index contributed by atoms with van der Waals surface area (Å²) in [7, 11) is 0. The molecular formula is C20H27N3OS. The van der Waals surface area contributed by atoms with Gasteiger partial charge in [0.05, 0.1) is 23.7 Å². The summed E-state index contributed by atoms with van der Waals surface area (Å²) in [5, 5.41) is 12.1. The Morgan fingerprint density at radius 3 is 2.56 bits per heavy atom. The van der Waals surface area contributed by atoms with Crippen LogP contribution in [0, 0.1) is 6.92 Å². The van der Waals surface area contributed by atoms with Gasteiger partial charge in [0.1, 0.15) is 5.82 Å². The van der Waals surface area contributed by atoms with Crippen LogP contribution in [0.2, 0.25) is 0 Å². The van der Waals surface area contributed by atoms with Crippen LogP contribution in [-0.4, -0.2) is 32.2 Å². The fourth-order valence-corrected chi connectivity index (χ4v) is 4.26. The van der Waals surface area contributed by atoms with Crippen LogP contribution in [0.3, 0.4) is 0 Å². The van der Waals surface area contributed by atoms with Crippen molar-refractivity contribution in [2.45, 2.75) is 52.9 Å². The Balaban J connectivity index is 1.92. The number of aromatic nitrogens is 2. The summed E-state index contributed by atoms with van der Waals surface area (Å²) in [6.45, 7) is 10.6. The molecule has 0 aliphatic carbocycles. The SMILES string of the molecule is Cc1ccsc1CN(Cc1nc2ccccc2n1C(C)C)C[C@H](C)O. The van der Waals surface area contributed by atoms with E-state index in [4.69, 9.17) is 4.98 Å². The number of aryl methyl sites for hydroxylation is 1. The average molecular weight is 358 g/mol. The van der Waals surface area contributed by atoms with Crippen LogP contribution in [0.1, 0.15) is 43.1 Å². The zero-order chi connectivity index (χ0) is 18.0. The molecule has 0 spiro atoms. The van der Waals surface area contributed by atoms with Crippen molar-refractivity contribution >= 4 is 22.4 Å². The zero-order valence-corrected chi connectivity index (χ0v) is 16.3. The van der Waals surface area contributed by atoms with E-state index in [0.29, 0.717) is 12.6 Å². The summed E-state index contributed by atoms with van der Waals surface area (Å²) >= 11 is 1.78. The molecule has 3 aromatic rings. The fraction of sp³-hybridized carbons (Fsp3) is 0.450. The number of aliphatic hydroxyl groups excluding tert-OH is 1. The topological polar surface area (TPSA) is 41.3 Å². The van der Waals surface area contributed by atoms with Crippen LogP contribution < -0.4 is 0 Å². The van der Waals surface area contributed by atoms with Gasteiger partial charge in [-0.05, 0) is 56.8 Å². The quantitative estimate of drug-likeness (QED) is 0.683. The zero-order valence-electron chi connectivity index (χ0n) is 15.4. The third-order valence-electron chi connectivity index (χ3n) is 4.41. The smallest absolute Gasteiger partial charge is 0.124 e. The van der Waals surface area contributed by atoms with E-state index in [2.05, 4.69) is 59.9 Å². The molecule has 1 N–H and O–H groups in total. The van der Waals surface area contributed by atoms with Crippen molar-refractivity contribution in [1.82, 2.24) is 14.5 Å². The number of thiophene rings is 1. The maximum absolute atomic E-state index is 9.95. The molecule has 1 aromatic carbocycles. The van der Waals surface area contributed by atoms with Gasteiger partial charge in [-0.3, -0.25) is 4.90 Å². The molecule has 0 aliphatic heterocycles. The molecule has 0 aliphatic rings. The number of hydrogen-bond acceptors (Lipinski definition) is 4. The lowest BCUT2D eigenvalue weighted by Gasteiger charge is -2.24. The summed E-state index contributed by atoms with van der Waals surface area (Å²) in [6, 6.07) is 10.8. The largest absolute Gasteiger partial charge is 0.392 e. The maximum atomic E-state index is 9.95. The van der Waals surface area contributed by atoms with Crippen molar-refractivity contribution in [1.29, 1.82) is 0 Å². The summed E-state index contributed by atoms with van der Waals surface area (Å²) in [5.74, 6) is 1.06. The maximum Gasteiger partial charge on any atom is 0.124 e. The van der Waals surface area contributed by atoms with Gasteiger partial charge in [0, 0.05) is 24.0 Å². The van der Waals surface area contributed by atoms with Crippen LogP contribution in [0.4, 0.5) is 0 Å². The summed E-state index contributed by atoms with van der Waals surface area (Å²) in [6.07, 6.45) is -0.364. The van der Waals surface area contributed by atoms with Crippen molar-refractivity contribution in [2.75, 3.05) is 6.54 Å². The molecule has 3 rings (SSSR count). The van der Waals surface area contributed by atoms with Gasteiger partial charge in [0.25, 0.3) is 0 Å². The highest BCUT2D eigenvalue weighted by Gasteiger charge is 2.18. The van der Waals surface area contributed by atoms with E-state index >= 15 is 0 Å². The minimum atomic E-state index is -0.364. The van der Waals surface area contributed by atoms with Gasteiger partial charge >= 0.3 is 0 Å². The monoisotopic (exact) mass is 357 g/mol. The van der Waals surface area contributed by atoms with E-state index in [1.165, 1.54) is 16.0 Å². The molecule has 0 amide bonds. The Kier molecular flexibility index (Phi) is 5.57. The summed E-state index contributed by atoms with van der Waals surface area (Å²) in [4.78, 5) is 8.53. The number of imidazole rings is 1. The highest BCUT2D eigenvalue weighted by Crippen LogP contribution is 2.24. The molecule has 0 saturated carbocycles. The lowest BCUT2D eigenvalue weighted by Crippen LogP contribution is -2.31. The van der Waals surface area contributed by atoms with Crippen molar-refractivity contribution in [3.05, 3.63) is 52.0 Å². The highest BCUT2D eigenvalue weighted by molar-refractivity contribution is 7.10. The second kappa shape index (κ2) is 7.68. The van der Waals surface area contributed by atoms with Crippen molar-refractivity contribution < 1.29 is 5.11 Å². The molecule has 2 heterocycles. The molecule has 1 atom stereocenters. The number of hydrogen-bond donors (Lipinski definition) is 1. The number of nitrogens with zero attached hydrogens (tertiary/aromatic N) is 3. The predicted octanol–water partition coefficient (Wildman–Crippen LogP) is 4.37. The van der Waals surface area contributed by atoms with Crippen molar-refractivity contribution in [3.63, 3.8) is 0 Å². The molecule has 134 valence electrons.